The van der Waals surface area contributed by atoms with Crippen LogP contribution < -0.4 is 0 Å². The Morgan fingerprint density at radius 3 is 2.68 bits per heavy atom. The lowest BCUT2D eigenvalue weighted by Crippen LogP contribution is -2.44. The van der Waals surface area contributed by atoms with E-state index in [-0.39, 0.29) is 11.5 Å². The maximum absolute atomic E-state index is 10.7. The van der Waals surface area contributed by atoms with E-state index < -0.39 is 5.60 Å². The lowest BCUT2D eigenvalue weighted by Gasteiger charge is -2.49. The van der Waals surface area contributed by atoms with Gasteiger partial charge in [0.2, 0.25) is 0 Å². The van der Waals surface area contributed by atoms with Gasteiger partial charge in [0, 0.05) is 11.6 Å². The molecular weight excluding hydrogens is 276 g/mol. The maximum atomic E-state index is 10.7. The van der Waals surface area contributed by atoms with Gasteiger partial charge in [-0.15, -0.1) is 0 Å². The molecule has 0 bridgehead atoms. The summed E-state index contributed by atoms with van der Waals surface area (Å²) in [4.78, 5) is 0. The van der Waals surface area contributed by atoms with Gasteiger partial charge in [-0.05, 0) is 80.2 Å². The average molecular weight is 302 g/mol. The number of phenols is 2. The van der Waals surface area contributed by atoms with E-state index in [1.54, 1.807) is 0 Å². The molecule has 0 spiro atoms. The maximum Gasteiger partial charge on any atom is 0.123 e. The van der Waals surface area contributed by atoms with Gasteiger partial charge in [-0.1, -0.05) is 6.92 Å². The molecule has 0 aliphatic heterocycles. The molecule has 3 N–H and O–H groups in total. The van der Waals surface area contributed by atoms with E-state index in [9.17, 15) is 15.3 Å². The topological polar surface area (TPSA) is 60.7 Å². The minimum Gasteiger partial charge on any atom is -0.508 e. The van der Waals surface area contributed by atoms with Gasteiger partial charge < -0.3 is 15.3 Å². The van der Waals surface area contributed by atoms with Crippen LogP contribution >= 0.6 is 0 Å². The van der Waals surface area contributed by atoms with Crippen molar-refractivity contribution in [1.29, 1.82) is 0 Å². The molecule has 0 aromatic heterocycles. The Morgan fingerprint density at radius 1 is 1.14 bits per heavy atom. The van der Waals surface area contributed by atoms with Crippen molar-refractivity contribution in [2.75, 3.05) is 0 Å². The fourth-order valence-electron chi connectivity index (χ4n) is 5.97. The lowest BCUT2D eigenvalue weighted by atomic mass is 9.56. The molecule has 0 heterocycles. The third kappa shape index (κ3) is 1.91. The molecule has 0 unspecified atom stereocenters. The zero-order valence-corrected chi connectivity index (χ0v) is 13.4. The molecule has 3 aliphatic carbocycles. The van der Waals surface area contributed by atoms with Gasteiger partial charge in [0.15, 0.2) is 0 Å². The SMILES string of the molecule is C[C@H]1C[C@H]2[C@@H](CC[C@@]2(C)O)[C@@H]2CCc3cc(O)cc(O)c3[C@H]21. The molecule has 120 valence electrons. The van der Waals surface area contributed by atoms with E-state index in [2.05, 4.69) is 6.92 Å². The summed E-state index contributed by atoms with van der Waals surface area (Å²) in [6.07, 6.45) is 5.10. The quantitative estimate of drug-likeness (QED) is 0.686. The molecule has 3 aliphatic rings. The Balaban J connectivity index is 1.77. The van der Waals surface area contributed by atoms with Crippen molar-refractivity contribution in [3.05, 3.63) is 23.3 Å². The molecule has 4 rings (SSSR count). The number of benzene rings is 1. The first-order valence-corrected chi connectivity index (χ1v) is 8.65. The standard InChI is InChI=1S/C19H26O3/c1-10-7-15-13(5-6-19(15,2)22)14-4-3-11-8-12(20)9-16(21)18(11)17(10)14/h8-10,13-15,17,20-22H,3-7H2,1-2H3/t10-,13-,14-,15-,17-,19+/m0/s1. The predicted molar refractivity (Wildman–Crippen MR) is 84.9 cm³/mol. The van der Waals surface area contributed by atoms with Gasteiger partial charge in [-0.2, -0.15) is 0 Å². The summed E-state index contributed by atoms with van der Waals surface area (Å²) < 4.78 is 0. The molecular formula is C19H26O3. The van der Waals surface area contributed by atoms with Crippen LogP contribution in [0.4, 0.5) is 0 Å². The zero-order chi connectivity index (χ0) is 15.6. The van der Waals surface area contributed by atoms with Crippen molar-refractivity contribution in [3.8, 4) is 11.5 Å². The first-order chi connectivity index (χ1) is 10.4. The van der Waals surface area contributed by atoms with Gasteiger partial charge in [0.25, 0.3) is 0 Å². The fraction of sp³-hybridized carbons (Fsp3) is 0.684. The van der Waals surface area contributed by atoms with Crippen LogP contribution in [-0.4, -0.2) is 20.9 Å². The monoisotopic (exact) mass is 302 g/mol. The van der Waals surface area contributed by atoms with E-state index in [0.29, 0.717) is 29.6 Å². The zero-order valence-electron chi connectivity index (χ0n) is 13.4. The van der Waals surface area contributed by atoms with Crippen LogP contribution in [0.5, 0.6) is 11.5 Å². The minimum absolute atomic E-state index is 0.167. The van der Waals surface area contributed by atoms with Crippen molar-refractivity contribution in [2.45, 2.75) is 57.5 Å². The highest BCUT2D eigenvalue weighted by atomic mass is 16.3. The average Bonchev–Trinajstić information content (AvgIpc) is 2.74. The summed E-state index contributed by atoms with van der Waals surface area (Å²) in [6.45, 7) is 4.28. The van der Waals surface area contributed by atoms with Crippen LogP contribution in [-0.2, 0) is 6.42 Å². The first kappa shape index (κ1) is 14.4. The highest BCUT2D eigenvalue weighted by Crippen LogP contribution is 2.60. The van der Waals surface area contributed by atoms with Crippen molar-refractivity contribution in [2.24, 2.45) is 23.7 Å². The fourth-order valence-corrected chi connectivity index (χ4v) is 5.97. The summed E-state index contributed by atoms with van der Waals surface area (Å²) >= 11 is 0. The largest absolute Gasteiger partial charge is 0.508 e. The molecule has 0 radical (unpaired) electrons. The highest BCUT2D eigenvalue weighted by Gasteiger charge is 2.54. The second kappa shape index (κ2) is 4.64. The van der Waals surface area contributed by atoms with E-state index in [4.69, 9.17) is 0 Å². The molecule has 6 atom stereocenters. The van der Waals surface area contributed by atoms with Gasteiger partial charge >= 0.3 is 0 Å². The number of aryl methyl sites for hydroxylation is 1. The van der Waals surface area contributed by atoms with E-state index >= 15 is 0 Å². The molecule has 1 aromatic carbocycles. The number of fused-ring (bicyclic) bond motifs is 5. The summed E-state index contributed by atoms with van der Waals surface area (Å²) in [6, 6.07) is 3.32. The smallest absolute Gasteiger partial charge is 0.123 e. The third-order valence-electron chi connectivity index (χ3n) is 6.86. The second-order valence-corrected chi connectivity index (χ2v) is 8.15. The number of rotatable bonds is 0. The Kier molecular flexibility index (Phi) is 3.03. The second-order valence-electron chi connectivity index (χ2n) is 8.15. The molecule has 0 saturated heterocycles. The summed E-state index contributed by atoms with van der Waals surface area (Å²) in [7, 11) is 0. The third-order valence-corrected chi connectivity index (χ3v) is 6.86. The van der Waals surface area contributed by atoms with Gasteiger partial charge in [-0.3, -0.25) is 0 Å². The van der Waals surface area contributed by atoms with E-state index in [1.165, 1.54) is 6.07 Å². The molecule has 22 heavy (non-hydrogen) atoms. The number of phenolic OH excluding ortho intramolecular Hbond substituents is 2. The summed E-state index contributed by atoms with van der Waals surface area (Å²) in [5, 5.41) is 30.9. The van der Waals surface area contributed by atoms with Gasteiger partial charge in [0.05, 0.1) is 5.60 Å². The normalized spacial score (nSPS) is 43.3. The Labute approximate surface area is 132 Å². The predicted octanol–water partition coefficient (Wildman–Crippen LogP) is 3.56. The molecule has 3 heteroatoms. The molecule has 2 saturated carbocycles. The Hall–Kier alpha value is -1.22. The Morgan fingerprint density at radius 2 is 1.91 bits per heavy atom. The first-order valence-electron chi connectivity index (χ1n) is 8.65. The van der Waals surface area contributed by atoms with E-state index in [0.717, 1.165) is 43.2 Å². The number of aliphatic hydroxyl groups is 1. The summed E-state index contributed by atoms with van der Waals surface area (Å²) in [5.74, 6) is 2.82. The van der Waals surface area contributed by atoms with E-state index in [1.807, 2.05) is 13.0 Å². The van der Waals surface area contributed by atoms with Crippen molar-refractivity contribution < 1.29 is 15.3 Å². The van der Waals surface area contributed by atoms with Crippen LogP contribution in [0, 0.1) is 23.7 Å². The number of hydrogen-bond acceptors (Lipinski definition) is 3. The van der Waals surface area contributed by atoms with Crippen LogP contribution in [0.3, 0.4) is 0 Å². The number of hydrogen-bond donors (Lipinski definition) is 3. The van der Waals surface area contributed by atoms with Crippen LogP contribution in [0.25, 0.3) is 0 Å². The molecule has 3 nitrogen and oxygen atoms in total. The van der Waals surface area contributed by atoms with Gasteiger partial charge in [0.1, 0.15) is 11.5 Å². The van der Waals surface area contributed by atoms with Gasteiger partial charge in [-0.25, -0.2) is 0 Å². The molecule has 0 amide bonds. The van der Waals surface area contributed by atoms with Crippen LogP contribution in [0.15, 0.2) is 12.1 Å². The van der Waals surface area contributed by atoms with Crippen molar-refractivity contribution in [3.63, 3.8) is 0 Å². The minimum atomic E-state index is -0.513. The van der Waals surface area contributed by atoms with Crippen LogP contribution in [0.2, 0.25) is 0 Å². The van der Waals surface area contributed by atoms with Crippen molar-refractivity contribution in [1.82, 2.24) is 0 Å². The summed E-state index contributed by atoms with van der Waals surface area (Å²) in [5.41, 5.74) is 1.68. The highest BCUT2D eigenvalue weighted by molar-refractivity contribution is 5.49. The molecule has 1 aromatic rings. The van der Waals surface area contributed by atoms with Crippen molar-refractivity contribution >= 4 is 0 Å². The Bertz CT molecular complexity index is 607. The molecule has 2 fully saturated rings. The van der Waals surface area contributed by atoms with Crippen LogP contribution in [0.1, 0.15) is 56.6 Å². The number of aromatic hydroxyl groups is 2. The lowest BCUT2D eigenvalue weighted by molar-refractivity contribution is -0.0349.